The van der Waals surface area contributed by atoms with E-state index in [9.17, 15) is 0 Å². The summed E-state index contributed by atoms with van der Waals surface area (Å²) < 4.78 is 2.21. The highest BCUT2D eigenvalue weighted by atomic mass is 15.2. The Bertz CT molecular complexity index is 328. The Morgan fingerprint density at radius 3 is 2.82 bits per heavy atom. The van der Waals surface area contributed by atoms with Crippen LogP contribution >= 0.6 is 0 Å². The van der Waals surface area contributed by atoms with Gasteiger partial charge in [0.05, 0.1) is 0 Å². The molecule has 17 heavy (non-hydrogen) atoms. The topological polar surface area (TPSA) is 29.9 Å². The van der Waals surface area contributed by atoms with Gasteiger partial charge in [0.15, 0.2) is 0 Å². The van der Waals surface area contributed by atoms with Crippen LogP contribution in [0.15, 0.2) is 25.0 Å². The maximum absolute atomic E-state index is 4.32. The van der Waals surface area contributed by atoms with Gasteiger partial charge in [-0.05, 0) is 19.3 Å². The van der Waals surface area contributed by atoms with Gasteiger partial charge in [-0.1, -0.05) is 32.8 Å². The summed E-state index contributed by atoms with van der Waals surface area (Å²) in [6.07, 6.45) is 9.53. The second-order valence-electron chi connectivity index (χ2n) is 5.00. The van der Waals surface area contributed by atoms with Gasteiger partial charge in [-0.2, -0.15) is 0 Å². The molecule has 0 aliphatic rings. The van der Waals surface area contributed by atoms with Crippen LogP contribution in [0.3, 0.4) is 0 Å². The summed E-state index contributed by atoms with van der Waals surface area (Å²) in [5.41, 5.74) is 0. The van der Waals surface area contributed by atoms with Gasteiger partial charge in [0.2, 0.25) is 5.95 Å². The lowest BCUT2D eigenvalue weighted by atomic mass is 10.0. The molecule has 1 unspecified atom stereocenters. The lowest BCUT2D eigenvalue weighted by Gasteiger charge is -2.17. The summed E-state index contributed by atoms with van der Waals surface area (Å²) in [7, 11) is 0. The largest absolute Gasteiger partial charge is 0.352 e. The standard InChI is InChI=1S/C14H25N3/c1-5-9-15-14-16-10-11-17(14)13(4)8-6-7-12(2)3/h5,10-13H,1,6-9H2,2-4H3,(H,15,16). The van der Waals surface area contributed by atoms with Gasteiger partial charge in [0.25, 0.3) is 0 Å². The molecule has 1 rings (SSSR count). The molecule has 0 aliphatic carbocycles. The van der Waals surface area contributed by atoms with Crippen LogP contribution in [0.2, 0.25) is 0 Å². The SMILES string of the molecule is C=CCNc1nccn1C(C)CCCC(C)C. The Hall–Kier alpha value is -1.25. The highest BCUT2D eigenvalue weighted by molar-refractivity contribution is 5.27. The Balaban J connectivity index is 2.47. The Morgan fingerprint density at radius 2 is 2.18 bits per heavy atom. The summed E-state index contributed by atoms with van der Waals surface area (Å²) in [4.78, 5) is 4.32. The molecule has 1 aromatic rings. The van der Waals surface area contributed by atoms with E-state index in [0.29, 0.717) is 6.04 Å². The van der Waals surface area contributed by atoms with Crippen molar-refractivity contribution in [3.63, 3.8) is 0 Å². The van der Waals surface area contributed by atoms with E-state index in [0.717, 1.165) is 18.4 Å². The first-order valence-electron chi connectivity index (χ1n) is 6.52. The van der Waals surface area contributed by atoms with E-state index >= 15 is 0 Å². The molecule has 0 fully saturated rings. The third kappa shape index (κ3) is 4.63. The van der Waals surface area contributed by atoms with Crippen molar-refractivity contribution in [3.05, 3.63) is 25.0 Å². The Kier molecular flexibility index (Phi) is 5.81. The van der Waals surface area contributed by atoms with E-state index in [1.54, 1.807) is 0 Å². The average Bonchev–Trinajstić information content (AvgIpc) is 2.73. The first-order chi connectivity index (χ1) is 8.15. The van der Waals surface area contributed by atoms with E-state index in [1.165, 1.54) is 19.3 Å². The van der Waals surface area contributed by atoms with Crippen molar-refractivity contribution in [1.29, 1.82) is 0 Å². The van der Waals surface area contributed by atoms with Crippen LogP contribution in [-0.4, -0.2) is 16.1 Å². The van der Waals surface area contributed by atoms with Gasteiger partial charge >= 0.3 is 0 Å². The number of nitrogens with zero attached hydrogens (tertiary/aromatic N) is 2. The van der Waals surface area contributed by atoms with Crippen molar-refractivity contribution in [2.45, 2.75) is 46.1 Å². The summed E-state index contributed by atoms with van der Waals surface area (Å²) in [5, 5.41) is 3.26. The molecular formula is C14H25N3. The smallest absolute Gasteiger partial charge is 0.203 e. The number of aromatic nitrogens is 2. The average molecular weight is 235 g/mol. The summed E-state index contributed by atoms with van der Waals surface area (Å²) in [6, 6.07) is 0.503. The number of anilines is 1. The Morgan fingerprint density at radius 1 is 1.41 bits per heavy atom. The van der Waals surface area contributed by atoms with E-state index < -0.39 is 0 Å². The monoisotopic (exact) mass is 235 g/mol. The van der Waals surface area contributed by atoms with E-state index in [1.807, 2.05) is 18.5 Å². The summed E-state index contributed by atoms with van der Waals surface area (Å²) in [5.74, 6) is 1.74. The fraction of sp³-hybridized carbons (Fsp3) is 0.643. The lowest BCUT2D eigenvalue weighted by molar-refractivity contribution is 0.450. The van der Waals surface area contributed by atoms with Gasteiger partial charge in [0, 0.05) is 25.0 Å². The molecule has 3 nitrogen and oxygen atoms in total. The van der Waals surface area contributed by atoms with Crippen molar-refractivity contribution in [2.24, 2.45) is 5.92 Å². The van der Waals surface area contributed by atoms with Crippen LogP contribution in [0.1, 0.15) is 46.1 Å². The van der Waals surface area contributed by atoms with Crippen molar-refractivity contribution < 1.29 is 0 Å². The van der Waals surface area contributed by atoms with Gasteiger partial charge in [-0.15, -0.1) is 6.58 Å². The van der Waals surface area contributed by atoms with Crippen LogP contribution < -0.4 is 5.32 Å². The third-order valence-electron chi connectivity index (χ3n) is 2.95. The normalized spacial score (nSPS) is 12.7. The van der Waals surface area contributed by atoms with Crippen molar-refractivity contribution in [2.75, 3.05) is 11.9 Å². The van der Waals surface area contributed by atoms with Crippen LogP contribution in [0.4, 0.5) is 5.95 Å². The molecule has 0 aliphatic heterocycles. The van der Waals surface area contributed by atoms with Crippen LogP contribution in [0.5, 0.6) is 0 Å². The minimum absolute atomic E-state index is 0.503. The maximum Gasteiger partial charge on any atom is 0.203 e. The lowest BCUT2D eigenvalue weighted by Crippen LogP contribution is -2.11. The minimum atomic E-state index is 0.503. The highest BCUT2D eigenvalue weighted by Crippen LogP contribution is 2.20. The zero-order valence-corrected chi connectivity index (χ0v) is 11.3. The molecule has 0 amide bonds. The first kappa shape index (κ1) is 13.8. The fourth-order valence-electron chi connectivity index (χ4n) is 1.93. The molecule has 96 valence electrons. The quantitative estimate of drug-likeness (QED) is 0.693. The second-order valence-corrected chi connectivity index (χ2v) is 5.00. The van der Waals surface area contributed by atoms with Crippen molar-refractivity contribution in [1.82, 2.24) is 9.55 Å². The van der Waals surface area contributed by atoms with Crippen LogP contribution in [0, 0.1) is 5.92 Å². The zero-order chi connectivity index (χ0) is 12.7. The Labute approximate surface area is 105 Å². The van der Waals surface area contributed by atoms with Gasteiger partial charge in [-0.3, -0.25) is 0 Å². The van der Waals surface area contributed by atoms with Gasteiger partial charge in [-0.25, -0.2) is 4.98 Å². The molecule has 0 bridgehead atoms. The van der Waals surface area contributed by atoms with Crippen LogP contribution in [-0.2, 0) is 0 Å². The molecular weight excluding hydrogens is 210 g/mol. The number of rotatable bonds is 8. The molecule has 0 saturated heterocycles. The number of hydrogen-bond acceptors (Lipinski definition) is 2. The van der Waals surface area contributed by atoms with Gasteiger partial charge in [0.1, 0.15) is 0 Å². The molecule has 1 N–H and O–H groups in total. The molecule has 0 aromatic carbocycles. The predicted octanol–water partition coefficient (Wildman–Crippen LogP) is 3.87. The van der Waals surface area contributed by atoms with Crippen molar-refractivity contribution >= 4 is 5.95 Å². The number of imidazole rings is 1. The molecule has 0 radical (unpaired) electrons. The number of hydrogen-bond donors (Lipinski definition) is 1. The maximum atomic E-state index is 4.32. The molecule has 1 aromatic heterocycles. The predicted molar refractivity (Wildman–Crippen MR) is 74.3 cm³/mol. The van der Waals surface area contributed by atoms with Crippen molar-refractivity contribution in [3.8, 4) is 0 Å². The summed E-state index contributed by atoms with van der Waals surface area (Å²) in [6.45, 7) is 11.3. The fourth-order valence-corrected chi connectivity index (χ4v) is 1.93. The van der Waals surface area contributed by atoms with E-state index in [4.69, 9.17) is 0 Å². The molecule has 3 heteroatoms. The number of nitrogens with one attached hydrogen (secondary N) is 1. The minimum Gasteiger partial charge on any atom is -0.352 e. The summed E-state index contributed by atoms with van der Waals surface area (Å²) >= 11 is 0. The molecule has 0 saturated carbocycles. The molecule has 1 atom stereocenters. The first-order valence-corrected chi connectivity index (χ1v) is 6.52. The van der Waals surface area contributed by atoms with Gasteiger partial charge < -0.3 is 9.88 Å². The highest BCUT2D eigenvalue weighted by Gasteiger charge is 2.09. The van der Waals surface area contributed by atoms with E-state index in [-0.39, 0.29) is 0 Å². The second kappa shape index (κ2) is 7.15. The third-order valence-corrected chi connectivity index (χ3v) is 2.95. The van der Waals surface area contributed by atoms with E-state index in [2.05, 4.69) is 42.2 Å². The van der Waals surface area contributed by atoms with Crippen LogP contribution in [0.25, 0.3) is 0 Å². The zero-order valence-electron chi connectivity index (χ0n) is 11.3. The molecule has 0 spiro atoms. The molecule has 1 heterocycles.